The first kappa shape index (κ1) is 22.3. The molecule has 0 amide bonds. The fourth-order valence-corrected chi connectivity index (χ4v) is 3.42. The number of guanidine groups is 1. The molecule has 7 heteroatoms. The maximum Gasteiger partial charge on any atom is 0.193 e. The molecule has 152 valence electrons. The number of nitrogens with one attached hydrogen (secondary N) is 1. The third kappa shape index (κ3) is 5.75. The molecule has 3 N–H and O–H groups in total. The Labute approximate surface area is 184 Å². The summed E-state index contributed by atoms with van der Waals surface area (Å²) in [6.07, 6.45) is 1.09. The number of benzene rings is 2. The zero-order valence-electron chi connectivity index (χ0n) is 16.4. The van der Waals surface area contributed by atoms with Crippen LogP contribution in [0.2, 0.25) is 0 Å². The molecule has 1 saturated heterocycles. The minimum Gasteiger partial charge on any atom is -0.495 e. The van der Waals surface area contributed by atoms with Crippen LogP contribution in [0.1, 0.15) is 12.0 Å². The third-order valence-corrected chi connectivity index (χ3v) is 4.81. The van der Waals surface area contributed by atoms with Crippen molar-refractivity contribution < 1.29 is 9.47 Å². The number of halogens is 1. The molecule has 0 radical (unpaired) electrons. The molecule has 0 spiro atoms. The number of rotatable bonds is 7. The molecule has 0 saturated carbocycles. The first-order valence-electron chi connectivity index (χ1n) is 9.23. The summed E-state index contributed by atoms with van der Waals surface area (Å²) < 4.78 is 10.7. The van der Waals surface area contributed by atoms with Crippen molar-refractivity contribution in [3.8, 4) is 5.75 Å². The molecule has 1 fully saturated rings. The van der Waals surface area contributed by atoms with Gasteiger partial charge in [-0.1, -0.05) is 30.3 Å². The van der Waals surface area contributed by atoms with Crippen molar-refractivity contribution in [1.29, 1.82) is 0 Å². The lowest BCUT2D eigenvalue weighted by atomic mass is 10.1. The first-order chi connectivity index (χ1) is 13.2. The Morgan fingerprint density at radius 2 is 1.93 bits per heavy atom. The lowest BCUT2D eigenvalue weighted by Crippen LogP contribution is -2.25. The van der Waals surface area contributed by atoms with Crippen LogP contribution in [0, 0.1) is 5.92 Å². The minimum atomic E-state index is 0. The van der Waals surface area contributed by atoms with E-state index in [0.717, 1.165) is 42.2 Å². The monoisotopic (exact) mass is 496 g/mol. The molecule has 28 heavy (non-hydrogen) atoms. The molecule has 1 heterocycles. The molecule has 1 unspecified atom stereocenters. The van der Waals surface area contributed by atoms with Gasteiger partial charge in [0, 0.05) is 38.0 Å². The Morgan fingerprint density at radius 3 is 2.71 bits per heavy atom. The van der Waals surface area contributed by atoms with Crippen molar-refractivity contribution in [2.75, 3.05) is 44.1 Å². The highest BCUT2D eigenvalue weighted by atomic mass is 127. The molecule has 0 bridgehead atoms. The second kappa shape index (κ2) is 11.1. The number of methoxy groups -OCH3 is 2. The van der Waals surface area contributed by atoms with Crippen molar-refractivity contribution in [2.45, 2.75) is 13.0 Å². The van der Waals surface area contributed by atoms with Crippen LogP contribution in [-0.2, 0) is 11.3 Å². The van der Waals surface area contributed by atoms with E-state index < -0.39 is 0 Å². The predicted octanol–water partition coefficient (Wildman–Crippen LogP) is 3.71. The second-order valence-corrected chi connectivity index (χ2v) is 6.71. The van der Waals surface area contributed by atoms with Crippen molar-refractivity contribution in [3.05, 3.63) is 54.1 Å². The number of nitrogens with zero attached hydrogens (tertiary/aromatic N) is 2. The zero-order valence-corrected chi connectivity index (χ0v) is 18.8. The SMILES string of the molecule is COCc1ccccc1NC(N)=NCC1CCN(c2ccccc2OC)C1.I. The molecule has 3 rings (SSSR count). The summed E-state index contributed by atoms with van der Waals surface area (Å²) in [7, 11) is 3.40. The van der Waals surface area contributed by atoms with Crippen LogP contribution in [0.4, 0.5) is 11.4 Å². The number of anilines is 2. The average molecular weight is 496 g/mol. The van der Waals surface area contributed by atoms with Crippen LogP contribution in [0.15, 0.2) is 53.5 Å². The van der Waals surface area contributed by atoms with Crippen molar-refractivity contribution in [1.82, 2.24) is 0 Å². The standard InChI is InChI=1S/C21H28N4O2.HI/c1-26-15-17-7-3-4-8-18(17)24-21(22)23-13-16-11-12-25(14-16)19-9-5-6-10-20(19)27-2;/h3-10,16H,11-15H2,1-2H3,(H3,22,23,24);1H. The lowest BCUT2D eigenvalue weighted by molar-refractivity contribution is 0.185. The van der Waals surface area contributed by atoms with Gasteiger partial charge in [-0.3, -0.25) is 4.99 Å². The molecule has 0 aliphatic carbocycles. The number of hydrogen-bond acceptors (Lipinski definition) is 4. The highest BCUT2D eigenvalue weighted by Gasteiger charge is 2.24. The fraction of sp³-hybridized carbons (Fsp3) is 0.381. The predicted molar refractivity (Wildman–Crippen MR) is 126 cm³/mol. The fourth-order valence-electron chi connectivity index (χ4n) is 3.42. The first-order valence-corrected chi connectivity index (χ1v) is 9.23. The van der Waals surface area contributed by atoms with E-state index in [0.29, 0.717) is 25.0 Å². The van der Waals surface area contributed by atoms with Gasteiger partial charge in [-0.15, -0.1) is 24.0 Å². The van der Waals surface area contributed by atoms with Gasteiger partial charge in [-0.05, 0) is 30.5 Å². The zero-order chi connectivity index (χ0) is 19.1. The van der Waals surface area contributed by atoms with Crippen LogP contribution in [0.25, 0.3) is 0 Å². The van der Waals surface area contributed by atoms with Gasteiger partial charge in [0.1, 0.15) is 5.75 Å². The van der Waals surface area contributed by atoms with Crippen LogP contribution < -0.4 is 20.7 Å². The summed E-state index contributed by atoms with van der Waals surface area (Å²) in [6.45, 7) is 3.20. The van der Waals surface area contributed by atoms with E-state index in [2.05, 4.69) is 21.3 Å². The van der Waals surface area contributed by atoms with Gasteiger partial charge in [0.15, 0.2) is 5.96 Å². The maximum atomic E-state index is 6.10. The highest BCUT2D eigenvalue weighted by Crippen LogP contribution is 2.32. The van der Waals surface area contributed by atoms with Gasteiger partial charge in [-0.25, -0.2) is 0 Å². The van der Waals surface area contributed by atoms with Crippen LogP contribution in [-0.4, -0.2) is 39.8 Å². The van der Waals surface area contributed by atoms with E-state index in [1.165, 1.54) is 0 Å². The number of aliphatic imine (C=N–C) groups is 1. The van der Waals surface area contributed by atoms with Crippen LogP contribution in [0.5, 0.6) is 5.75 Å². The van der Waals surface area contributed by atoms with Crippen molar-refractivity contribution >= 4 is 41.3 Å². The van der Waals surface area contributed by atoms with Crippen molar-refractivity contribution in [3.63, 3.8) is 0 Å². The Morgan fingerprint density at radius 1 is 1.18 bits per heavy atom. The Hall–Kier alpha value is -2.00. The van der Waals surface area contributed by atoms with Gasteiger partial charge in [0.05, 0.1) is 19.4 Å². The number of hydrogen-bond donors (Lipinski definition) is 2. The summed E-state index contributed by atoms with van der Waals surface area (Å²) in [4.78, 5) is 6.92. The largest absolute Gasteiger partial charge is 0.495 e. The lowest BCUT2D eigenvalue weighted by Gasteiger charge is -2.21. The van der Waals surface area contributed by atoms with Crippen LogP contribution in [0.3, 0.4) is 0 Å². The summed E-state index contributed by atoms with van der Waals surface area (Å²) in [6, 6.07) is 16.1. The Bertz CT molecular complexity index is 785. The highest BCUT2D eigenvalue weighted by molar-refractivity contribution is 14.0. The normalized spacial score (nSPS) is 16.6. The van der Waals surface area contributed by atoms with Gasteiger partial charge >= 0.3 is 0 Å². The number of ether oxygens (including phenoxy) is 2. The minimum absolute atomic E-state index is 0. The molecule has 1 aliphatic rings. The molecule has 2 aromatic rings. The maximum absolute atomic E-state index is 6.10. The van der Waals surface area contributed by atoms with Gasteiger partial charge in [-0.2, -0.15) is 0 Å². The molecule has 2 aromatic carbocycles. The topological polar surface area (TPSA) is 72.1 Å². The van der Waals surface area contributed by atoms with Gasteiger partial charge in [0.25, 0.3) is 0 Å². The van der Waals surface area contributed by atoms with E-state index in [-0.39, 0.29) is 24.0 Å². The van der Waals surface area contributed by atoms with E-state index in [1.807, 2.05) is 42.5 Å². The smallest absolute Gasteiger partial charge is 0.193 e. The van der Waals surface area contributed by atoms with Crippen LogP contribution >= 0.6 is 24.0 Å². The number of para-hydroxylation sites is 3. The van der Waals surface area contributed by atoms with E-state index in [4.69, 9.17) is 15.2 Å². The van der Waals surface area contributed by atoms with Crippen molar-refractivity contribution in [2.24, 2.45) is 16.6 Å². The Balaban J connectivity index is 0.00000280. The molecule has 1 atom stereocenters. The molecular weight excluding hydrogens is 467 g/mol. The number of nitrogens with two attached hydrogens (primary N) is 1. The summed E-state index contributed by atoms with van der Waals surface area (Å²) in [5, 5.41) is 3.19. The van der Waals surface area contributed by atoms with E-state index in [9.17, 15) is 0 Å². The summed E-state index contributed by atoms with van der Waals surface area (Å²) in [5.41, 5.74) is 9.24. The average Bonchev–Trinajstić information content (AvgIpc) is 3.17. The molecule has 1 aliphatic heterocycles. The third-order valence-electron chi connectivity index (χ3n) is 4.81. The molecule has 0 aromatic heterocycles. The summed E-state index contributed by atoms with van der Waals surface area (Å²) >= 11 is 0. The second-order valence-electron chi connectivity index (χ2n) is 6.71. The van der Waals surface area contributed by atoms with Gasteiger partial charge < -0.3 is 25.4 Å². The van der Waals surface area contributed by atoms with Gasteiger partial charge in [0.2, 0.25) is 0 Å². The molecule has 6 nitrogen and oxygen atoms in total. The quantitative estimate of drug-likeness (QED) is 0.348. The van der Waals surface area contributed by atoms with E-state index in [1.54, 1.807) is 14.2 Å². The molecular formula is C21H29IN4O2. The Kier molecular flexibility index (Phi) is 8.85. The summed E-state index contributed by atoms with van der Waals surface area (Å²) in [5.74, 6) is 1.83. The van der Waals surface area contributed by atoms with E-state index >= 15 is 0 Å².